The highest BCUT2D eigenvalue weighted by atomic mass is 35.5. The van der Waals surface area contributed by atoms with E-state index in [1.165, 1.54) is 0 Å². The number of para-hydroxylation sites is 1. The molecule has 0 spiro atoms. The number of carbonyl (C=O) groups excluding carboxylic acids is 1. The van der Waals surface area contributed by atoms with Crippen LogP contribution in [-0.4, -0.2) is 12.1 Å². The van der Waals surface area contributed by atoms with Gasteiger partial charge in [0.25, 0.3) is 0 Å². The number of hydrogen-bond acceptors (Lipinski definition) is 2. The molecular formula is C16H13ClN2O. The maximum atomic E-state index is 12.0. The van der Waals surface area contributed by atoms with E-state index in [-0.39, 0.29) is 11.8 Å². The maximum Gasteiger partial charge on any atom is 0.237 e. The smallest absolute Gasteiger partial charge is 0.237 e. The topological polar surface area (TPSA) is 41.5 Å². The summed E-state index contributed by atoms with van der Waals surface area (Å²) in [5.41, 5.74) is 3.59. The van der Waals surface area contributed by atoms with Gasteiger partial charge >= 0.3 is 0 Å². The van der Waals surface area contributed by atoms with Crippen molar-refractivity contribution in [2.45, 2.75) is 12.8 Å². The van der Waals surface area contributed by atoms with Gasteiger partial charge in [-0.2, -0.15) is 0 Å². The van der Waals surface area contributed by atoms with Crippen LogP contribution in [0.5, 0.6) is 0 Å². The van der Waals surface area contributed by atoms with Crippen LogP contribution in [0, 0.1) is 6.92 Å². The normalized spacial score (nSPS) is 17.3. The van der Waals surface area contributed by atoms with E-state index in [1.807, 2.05) is 49.4 Å². The molecule has 0 saturated carbocycles. The number of fused-ring (bicyclic) bond motifs is 1. The fourth-order valence-electron chi connectivity index (χ4n) is 2.25. The van der Waals surface area contributed by atoms with Crippen LogP contribution in [0.4, 0.5) is 11.4 Å². The number of benzene rings is 2. The summed E-state index contributed by atoms with van der Waals surface area (Å²) < 4.78 is 0. The van der Waals surface area contributed by atoms with Crippen LogP contribution in [-0.2, 0) is 4.79 Å². The van der Waals surface area contributed by atoms with Crippen molar-refractivity contribution >= 4 is 35.1 Å². The second-order valence-electron chi connectivity index (χ2n) is 4.77. The molecule has 0 aromatic heterocycles. The van der Waals surface area contributed by atoms with Crippen molar-refractivity contribution in [3.63, 3.8) is 0 Å². The van der Waals surface area contributed by atoms with Crippen molar-refractivity contribution in [3.05, 3.63) is 58.6 Å². The molecule has 3 rings (SSSR count). The number of hydrogen-bond donors (Lipinski definition) is 1. The summed E-state index contributed by atoms with van der Waals surface area (Å²) >= 11 is 5.98. The third-order valence-electron chi connectivity index (χ3n) is 3.35. The Balaban J connectivity index is 1.89. The molecule has 100 valence electrons. The van der Waals surface area contributed by atoms with E-state index >= 15 is 0 Å². The number of amides is 1. The van der Waals surface area contributed by atoms with Crippen LogP contribution in [0.1, 0.15) is 17.0 Å². The van der Waals surface area contributed by atoms with Crippen molar-refractivity contribution in [3.8, 4) is 0 Å². The zero-order chi connectivity index (χ0) is 14.1. The van der Waals surface area contributed by atoms with Gasteiger partial charge in [-0.15, -0.1) is 0 Å². The Kier molecular flexibility index (Phi) is 3.28. The van der Waals surface area contributed by atoms with Crippen molar-refractivity contribution in [2.75, 3.05) is 5.32 Å². The third-order valence-corrected chi connectivity index (χ3v) is 3.77. The molecule has 0 aliphatic carbocycles. The van der Waals surface area contributed by atoms with Crippen molar-refractivity contribution in [2.24, 2.45) is 4.99 Å². The predicted octanol–water partition coefficient (Wildman–Crippen LogP) is 4.09. The van der Waals surface area contributed by atoms with Crippen molar-refractivity contribution in [1.82, 2.24) is 0 Å². The lowest BCUT2D eigenvalue weighted by molar-refractivity contribution is -0.115. The van der Waals surface area contributed by atoms with Crippen LogP contribution in [0.25, 0.3) is 0 Å². The van der Waals surface area contributed by atoms with Gasteiger partial charge in [0.15, 0.2) is 0 Å². The number of halogens is 1. The third kappa shape index (κ3) is 2.32. The molecule has 1 N–H and O–H groups in total. The summed E-state index contributed by atoms with van der Waals surface area (Å²) in [7, 11) is 0. The van der Waals surface area contributed by atoms with Crippen LogP contribution >= 0.6 is 11.6 Å². The molecule has 3 nitrogen and oxygen atoms in total. The first-order valence-electron chi connectivity index (χ1n) is 6.35. The Morgan fingerprint density at radius 1 is 1.25 bits per heavy atom. The summed E-state index contributed by atoms with van der Waals surface area (Å²) in [5, 5.41) is 3.57. The summed E-state index contributed by atoms with van der Waals surface area (Å²) in [4.78, 5) is 16.3. The first kappa shape index (κ1) is 12.9. The fourth-order valence-corrected chi connectivity index (χ4v) is 2.37. The predicted molar refractivity (Wildman–Crippen MR) is 82.2 cm³/mol. The van der Waals surface area contributed by atoms with E-state index in [1.54, 1.807) is 6.21 Å². The number of carbonyl (C=O) groups is 1. The number of anilines is 1. The fraction of sp³-hybridized carbons (Fsp3) is 0.125. The van der Waals surface area contributed by atoms with Gasteiger partial charge in [0.1, 0.15) is 5.92 Å². The average Bonchev–Trinajstić information content (AvgIpc) is 2.76. The summed E-state index contributed by atoms with van der Waals surface area (Å²) in [6, 6.07) is 13.2. The van der Waals surface area contributed by atoms with E-state index in [4.69, 9.17) is 11.6 Å². The number of aliphatic imine (C=N–C) groups is 1. The highest BCUT2D eigenvalue weighted by molar-refractivity contribution is 6.31. The average molecular weight is 285 g/mol. The lowest BCUT2D eigenvalue weighted by Crippen LogP contribution is -2.12. The largest absolute Gasteiger partial charge is 0.325 e. The lowest BCUT2D eigenvalue weighted by atomic mass is 10.0. The molecule has 20 heavy (non-hydrogen) atoms. The quantitative estimate of drug-likeness (QED) is 0.829. The SMILES string of the molecule is Cc1cc(N=CC2C(=O)Nc3ccccc32)ccc1Cl. The standard InChI is InChI=1S/C16H13ClN2O/c1-10-8-11(6-7-14(10)17)18-9-13-12-4-2-3-5-15(12)19-16(13)20/h2-9,13H,1H3,(H,19,20). The van der Waals surface area contributed by atoms with E-state index in [2.05, 4.69) is 10.3 Å². The van der Waals surface area contributed by atoms with Gasteiger partial charge in [0.2, 0.25) is 5.91 Å². The molecule has 2 aromatic carbocycles. The molecule has 0 fully saturated rings. The van der Waals surface area contributed by atoms with Crippen LogP contribution < -0.4 is 5.32 Å². The summed E-state index contributed by atoms with van der Waals surface area (Å²) in [6.07, 6.45) is 1.68. The highest BCUT2D eigenvalue weighted by Gasteiger charge is 2.28. The number of nitrogens with zero attached hydrogens (tertiary/aromatic N) is 1. The minimum absolute atomic E-state index is 0.0411. The number of rotatable bonds is 2. The minimum Gasteiger partial charge on any atom is -0.325 e. The van der Waals surface area contributed by atoms with Crippen molar-refractivity contribution < 1.29 is 4.79 Å². The van der Waals surface area contributed by atoms with Crippen LogP contribution in [0.2, 0.25) is 5.02 Å². The molecule has 4 heteroatoms. The number of aryl methyl sites for hydroxylation is 1. The summed E-state index contributed by atoms with van der Waals surface area (Å²) in [5.74, 6) is -0.372. The van der Waals surface area contributed by atoms with Gasteiger partial charge in [0.05, 0.1) is 5.69 Å². The maximum absolute atomic E-state index is 12.0. The summed E-state index contributed by atoms with van der Waals surface area (Å²) in [6.45, 7) is 1.93. The Hall–Kier alpha value is -2.13. The molecule has 0 radical (unpaired) electrons. The van der Waals surface area contributed by atoms with E-state index < -0.39 is 0 Å². The second kappa shape index (κ2) is 5.10. The Labute approximate surface area is 122 Å². The zero-order valence-electron chi connectivity index (χ0n) is 10.9. The van der Waals surface area contributed by atoms with E-state index in [0.717, 1.165) is 22.5 Å². The van der Waals surface area contributed by atoms with Crippen LogP contribution in [0.3, 0.4) is 0 Å². The molecule has 2 aromatic rings. The van der Waals surface area contributed by atoms with Gasteiger partial charge in [-0.05, 0) is 42.3 Å². The second-order valence-corrected chi connectivity index (χ2v) is 5.17. The number of nitrogens with one attached hydrogen (secondary N) is 1. The molecule has 1 heterocycles. The first-order valence-corrected chi connectivity index (χ1v) is 6.73. The van der Waals surface area contributed by atoms with E-state index in [9.17, 15) is 4.79 Å². The van der Waals surface area contributed by atoms with Gasteiger partial charge in [-0.25, -0.2) is 0 Å². The first-order chi connectivity index (χ1) is 9.65. The molecule has 0 saturated heterocycles. The molecule has 1 aliphatic rings. The molecule has 1 aliphatic heterocycles. The Bertz CT molecular complexity index is 709. The Morgan fingerprint density at radius 2 is 2.05 bits per heavy atom. The monoisotopic (exact) mass is 284 g/mol. The van der Waals surface area contributed by atoms with Gasteiger partial charge in [-0.1, -0.05) is 29.8 Å². The molecule has 1 amide bonds. The molecule has 0 bridgehead atoms. The van der Waals surface area contributed by atoms with Crippen molar-refractivity contribution in [1.29, 1.82) is 0 Å². The van der Waals surface area contributed by atoms with Gasteiger partial charge in [0, 0.05) is 16.9 Å². The molecular weight excluding hydrogens is 272 g/mol. The Morgan fingerprint density at radius 3 is 2.85 bits per heavy atom. The van der Waals surface area contributed by atoms with Gasteiger partial charge < -0.3 is 5.32 Å². The zero-order valence-corrected chi connectivity index (χ0v) is 11.7. The van der Waals surface area contributed by atoms with Gasteiger partial charge in [-0.3, -0.25) is 9.79 Å². The lowest BCUT2D eigenvalue weighted by Gasteiger charge is -2.02. The highest BCUT2D eigenvalue weighted by Crippen LogP contribution is 2.31. The minimum atomic E-state index is -0.331. The van der Waals surface area contributed by atoms with E-state index in [0.29, 0.717) is 5.02 Å². The van der Waals surface area contributed by atoms with Crippen LogP contribution in [0.15, 0.2) is 47.5 Å². The molecule has 1 unspecified atom stereocenters. The molecule has 1 atom stereocenters.